The summed E-state index contributed by atoms with van der Waals surface area (Å²) >= 11 is 7.71. The van der Waals surface area contributed by atoms with Crippen molar-refractivity contribution in [2.75, 3.05) is 74.6 Å². The lowest BCUT2D eigenvalue weighted by molar-refractivity contribution is 0.209. The zero-order valence-corrected chi connectivity index (χ0v) is 40.0. The summed E-state index contributed by atoms with van der Waals surface area (Å²) in [6.07, 6.45) is 14.0. The molecule has 0 fully saturated rings. The van der Waals surface area contributed by atoms with Gasteiger partial charge in [0.25, 0.3) is 0 Å². The first-order chi connectivity index (χ1) is 29.1. The van der Waals surface area contributed by atoms with Crippen molar-refractivity contribution < 1.29 is 12.6 Å². The minimum Gasteiger partial charge on any atom is -0.302 e. The standard InChI is InChI=1S/C48H68N2O3S6/c51-59(52,53-39-37-49(33-17-5-21-40-54-45-25-9-1-10-26-45)34-18-6-22-41-55-46-27-11-2-12-28-46)58-44-38-50(35-19-7-23-42-56-47-29-13-3-14-30-47)36-20-8-24-43-57-48-31-15-4-16-32-48/h1-4,9-16,25-32H,5-8,17-24,33-44H2. The van der Waals surface area contributed by atoms with Crippen molar-refractivity contribution in [2.45, 2.75) is 96.6 Å². The fraction of sp³-hybridized carbons (Fsp3) is 0.500. The molecule has 0 aliphatic carbocycles. The number of hydrogen-bond acceptors (Lipinski definition) is 10. The molecule has 0 saturated carbocycles. The summed E-state index contributed by atoms with van der Waals surface area (Å²) in [4.78, 5) is 10.2. The van der Waals surface area contributed by atoms with Crippen molar-refractivity contribution in [1.82, 2.24) is 9.80 Å². The van der Waals surface area contributed by atoms with Crippen molar-refractivity contribution in [3.05, 3.63) is 121 Å². The molecule has 0 unspecified atom stereocenters. The summed E-state index contributed by atoms with van der Waals surface area (Å²) in [5, 5.41) is 0. The summed E-state index contributed by atoms with van der Waals surface area (Å²) in [6.45, 7) is 5.62. The molecular weight excluding hydrogens is 845 g/mol. The summed E-state index contributed by atoms with van der Waals surface area (Å²) < 4.78 is 31.8. The maximum Gasteiger partial charge on any atom is 0.322 e. The Kier molecular flexibility index (Phi) is 28.1. The van der Waals surface area contributed by atoms with Gasteiger partial charge in [-0.05, 0) is 160 Å². The molecule has 0 aromatic heterocycles. The highest BCUT2D eigenvalue weighted by molar-refractivity contribution is 8.70. The van der Waals surface area contributed by atoms with Gasteiger partial charge in [0.05, 0.1) is 6.61 Å². The van der Waals surface area contributed by atoms with E-state index in [1.807, 2.05) is 47.0 Å². The van der Waals surface area contributed by atoms with E-state index in [-0.39, 0.29) is 6.61 Å². The van der Waals surface area contributed by atoms with E-state index in [9.17, 15) is 8.42 Å². The maximum atomic E-state index is 13.1. The number of rotatable bonds is 36. The number of hydrogen-bond donors (Lipinski definition) is 0. The molecule has 4 rings (SSSR count). The van der Waals surface area contributed by atoms with Gasteiger partial charge >= 0.3 is 9.15 Å². The Morgan fingerprint density at radius 1 is 0.356 bits per heavy atom. The van der Waals surface area contributed by atoms with Crippen LogP contribution in [0.4, 0.5) is 0 Å². The lowest BCUT2D eigenvalue weighted by Gasteiger charge is -2.23. The first-order valence-corrected chi connectivity index (χ1v) is 28.6. The third-order valence-corrected chi connectivity index (χ3v) is 16.9. The number of unbranched alkanes of at least 4 members (excludes halogenated alkanes) is 8. The highest BCUT2D eigenvalue weighted by Crippen LogP contribution is 2.23. The van der Waals surface area contributed by atoms with E-state index in [0.29, 0.717) is 12.3 Å². The molecule has 0 atom stereocenters. The first-order valence-electron chi connectivity index (χ1n) is 21.8. The van der Waals surface area contributed by atoms with Crippen LogP contribution < -0.4 is 0 Å². The summed E-state index contributed by atoms with van der Waals surface area (Å²) in [7, 11) is -2.68. The third kappa shape index (κ3) is 25.9. The van der Waals surface area contributed by atoms with E-state index in [2.05, 4.69) is 131 Å². The lowest BCUT2D eigenvalue weighted by Crippen LogP contribution is -2.31. The highest BCUT2D eigenvalue weighted by Gasteiger charge is 2.15. The maximum absolute atomic E-state index is 13.1. The Labute approximate surface area is 379 Å². The van der Waals surface area contributed by atoms with Crippen LogP contribution in [0.15, 0.2) is 141 Å². The van der Waals surface area contributed by atoms with E-state index in [1.54, 1.807) is 0 Å². The minimum absolute atomic E-state index is 0.217. The van der Waals surface area contributed by atoms with Crippen LogP contribution in [0.25, 0.3) is 0 Å². The molecule has 0 aliphatic rings. The van der Waals surface area contributed by atoms with Crippen LogP contribution in [0.1, 0.15) is 77.0 Å². The monoisotopic (exact) mass is 912 g/mol. The Hall–Kier alpha value is -1.54. The topological polar surface area (TPSA) is 49.9 Å². The average molecular weight is 913 g/mol. The van der Waals surface area contributed by atoms with Gasteiger partial charge in [0.15, 0.2) is 0 Å². The number of thioether (sulfide) groups is 4. The van der Waals surface area contributed by atoms with Crippen molar-refractivity contribution in [2.24, 2.45) is 0 Å². The fourth-order valence-corrected chi connectivity index (χ4v) is 12.4. The van der Waals surface area contributed by atoms with Crippen LogP contribution in [0.3, 0.4) is 0 Å². The molecule has 324 valence electrons. The second-order valence-corrected chi connectivity index (χ2v) is 22.9. The van der Waals surface area contributed by atoms with Gasteiger partial charge in [-0.15, -0.1) is 47.0 Å². The average Bonchev–Trinajstić information content (AvgIpc) is 3.26. The Balaban J connectivity index is 1.14. The van der Waals surface area contributed by atoms with Crippen LogP contribution in [0.5, 0.6) is 0 Å². The minimum atomic E-state index is -3.66. The normalized spacial score (nSPS) is 11.8. The van der Waals surface area contributed by atoms with Gasteiger partial charge in [-0.3, -0.25) is 4.18 Å². The molecule has 59 heavy (non-hydrogen) atoms. The Bertz CT molecular complexity index is 1450. The zero-order valence-electron chi connectivity index (χ0n) is 35.1. The van der Waals surface area contributed by atoms with E-state index in [4.69, 9.17) is 4.18 Å². The Morgan fingerprint density at radius 2 is 0.661 bits per heavy atom. The van der Waals surface area contributed by atoms with Crippen LogP contribution in [-0.2, 0) is 13.3 Å². The van der Waals surface area contributed by atoms with Gasteiger partial charge in [-0.2, -0.15) is 8.42 Å². The van der Waals surface area contributed by atoms with Gasteiger partial charge in [-0.1, -0.05) is 98.5 Å². The van der Waals surface area contributed by atoms with E-state index < -0.39 is 9.15 Å². The predicted octanol–water partition coefficient (Wildman–Crippen LogP) is 13.4. The number of nitrogens with zero attached hydrogens (tertiary/aromatic N) is 2. The second kappa shape index (κ2) is 33.1. The fourth-order valence-electron chi connectivity index (χ4n) is 6.53. The van der Waals surface area contributed by atoms with Gasteiger partial charge in [0.1, 0.15) is 0 Å². The van der Waals surface area contributed by atoms with Crippen LogP contribution in [0, 0.1) is 0 Å². The van der Waals surface area contributed by atoms with Crippen LogP contribution >= 0.6 is 57.8 Å². The molecule has 4 aromatic rings. The summed E-state index contributed by atoms with van der Waals surface area (Å²) in [6, 6.07) is 42.5. The largest absolute Gasteiger partial charge is 0.322 e. The molecule has 0 radical (unpaired) electrons. The molecular formula is C48H68N2O3S6. The van der Waals surface area contributed by atoms with Crippen molar-refractivity contribution in [3.8, 4) is 0 Å². The predicted molar refractivity (Wildman–Crippen MR) is 264 cm³/mol. The molecule has 5 nitrogen and oxygen atoms in total. The molecule has 0 amide bonds. The van der Waals surface area contributed by atoms with Gasteiger partial charge in [0, 0.05) is 38.4 Å². The second-order valence-electron chi connectivity index (χ2n) is 14.6. The smallest absolute Gasteiger partial charge is 0.302 e. The van der Waals surface area contributed by atoms with Crippen molar-refractivity contribution in [3.63, 3.8) is 0 Å². The molecule has 0 saturated heterocycles. The SMILES string of the molecule is O=S(=O)(OCCN(CCCCCSc1ccccc1)CCCCCSc1ccccc1)SCCN(CCCCCSc1ccccc1)CCCCCSc1ccccc1. The van der Waals surface area contributed by atoms with Gasteiger partial charge in [0.2, 0.25) is 0 Å². The van der Waals surface area contributed by atoms with E-state index in [1.165, 1.54) is 70.9 Å². The van der Waals surface area contributed by atoms with Gasteiger partial charge < -0.3 is 9.80 Å². The molecule has 0 heterocycles. The molecule has 0 N–H and O–H groups in total. The van der Waals surface area contributed by atoms with Crippen LogP contribution in [-0.4, -0.2) is 92.9 Å². The van der Waals surface area contributed by atoms with Crippen molar-refractivity contribution >= 4 is 67.0 Å². The van der Waals surface area contributed by atoms with E-state index >= 15 is 0 Å². The van der Waals surface area contributed by atoms with Crippen molar-refractivity contribution in [1.29, 1.82) is 0 Å². The van der Waals surface area contributed by atoms with Gasteiger partial charge in [-0.25, -0.2) is 0 Å². The molecule has 0 aliphatic heterocycles. The summed E-state index contributed by atoms with van der Waals surface area (Å²) in [5.74, 6) is 5.05. The number of benzene rings is 4. The lowest BCUT2D eigenvalue weighted by atomic mass is 10.2. The van der Waals surface area contributed by atoms with E-state index in [0.717, 1.165) is 92.2 Å². The molecule has 0 spiro atoms. The zero-order chi connectivity index (χ0) is 41.3. The Morgan fingerprint density at radius 3 is 0.983 bits per heavy atom. The molecule has 4 aromatic carbocycles. The molecule has 0 bridgehead atoms. The van der Waals surface area contributed by atoms with Crippen LogP contribution in [0.2, 0.25) is 0 Å². The highest BCUT2D eigenvalue weighted by atomic mass is 33.1. The molecule has 11 heteroatoms. The summed E-state index contributed by atoms with van der Waals surface area (Å²) in [5.41, 5.74) is 0. The first kappa shape index (κ1) is 50.1. The third-order valence-electron chi connectivity index (χ3n) is 9.79. The quantitative estimate of drug-likeness (QED) is 0.0250.